The lowest BCUT2D eigenvalue weighted by Gasteiger charge is -2.64. The van der Waals surface area contributed by atoms with Crippen molar-refractivity contribution in [2.45, 2.75) is 114 Å². The van der Waals surface area contributed by atoms with Gasteiger partial charge in [0, 0.05) is 28.7 Å². The first-order valence-corrected chi connectivity index (χ1v) is 15.9. The third kappa shape index (κ3) is 4.54. The minimum absolute atomic E-state index is 0.0519. The van der Waals surface area contributed by atoms with Crippen LogP contribution in [0.1, 0.15) is 65.0 Å². The first-order valence-electron chi connectivity index (χ1n) is 15.9. The van der Waals surface area contributed by atoms with E-state index < -0.39 is 113 Å². The number of aliphatic hydroxyl groups excluding tert-OH is 5. The maximum atomic E-state index is 14.7. The molecular formula is C32H44O15. The molecule has 0 bridgehead atoms. The average Bonchev–Trinajstić information content (AvgIpc) is 3.45. The Hall–Kier alpha value is -2.47. The molecule has 1 aromatic heterocycles. The Bertz CT molecular complexity index is 1390. The molecule has 5 fully saturated rings. The Kier molecular flexibility index (Phi) is 8.26. The normalized spacial score (nSPS) is 46.8. The van der Waals surface area contributed by atoms with Crippen molar-refractivity contribution in [3.05, 3.63) is 24.2 Å². The summed E-state index contributed by atoms with van der Waals surface area (Å²) < 4.78 is 29.9. The van der Waals surface area contributed by atoms with Crippen LogP contribution in [0.5, 0.6) is 0 Å². The molecule has 7 N–H and O–H groups in total. The van der Waals surface area contributed by atoms with Gasteiger partial charge in [0.25, 0.3) is 0 Å². The second kappa shape index (κ2) is 11.3. The van der Waals surface area contributed by atoms with Crippen LogP contribution < -0.4 is 0 Å². The lowest BCUT2D eigenvalue weighted by molar-refractivity contribution is -0.328. The number of aliphatic carboxylic acids is 2. The molecule has 14 atom stereocenters. The van der Waals surface area contributed by atoms with Gasteiger partial charge in [-0.15, -0.1) is 0 Å². The van der Waals surface area contributed by atoms with Crippen molar-refractivity contribution in [1.29, 1.82) is 0 Å². The molecule has 2 aliphatic carbocycles. The molecule has 0 radical (unpaired) electrons. The quantitative estimate of drug-likeness (QED) is 0.171. The summed E-state index contributed by atoms with van der Waals surface area (Å²) in [5.74, 6) is -4.24. The standard InChI is InChI=1S/C32H44O15/c1-28(2)17-9-18(34)30(4)16(31(17,13-44-28)19(35)10-20(36)37)5-7-29(3,32(30)25(47-32)26(41)42)24(14-6-8-43-12-14)46-27-23(40)22(39)21(38)15(11-33)45-27/h6,8,12,15-17,19,21-25,27,33,35,38-40H,5,7,9-11,13H2,1-4H3,(H,36,37)(H,41,42)/t15-,16+,17+,19?,21-,22+,23-,24+,25-,27+,29+,30+,31-,32-/m1/s1. The van der Waals surface area contributed by atoms with Gasteiger partial charge in [0.05, 0.1) is 55.4 Å². The van der Waals surface area contributed by atoms with Crippen LogP contribution in [0, 0.1) is 28.1 Å². The molecule has 1 aromatic rings. The Labute approximate surface area is 270 Å². The van der Waals surface area contributed by atoms with E-state index in [1.54, 1.807) is 33.8 Å². The van der Waals surface area contributed by atoms with E-state index in [-0.39, 0.29) is 31.7 Å². The van der Waals surface area contributed by atoms with E-state index in [1.807, 2.05) is 0 Å². The smallest absolute Gasteiger partial charge is 0.335 e. The first kappa shape index (κ1) is 34.4. The molecule has 15 heteroatoms. The highest BCUT2D eigenvalue weighted by molar-refractivity contribution is 5.92. The number of carboxylic acid groups (broad SMARTS) is 2. The number of ketones is 1. The van der Waals surface area contributed by atoms with Gasteiger partial charge in [-0.2, -0.15) is 0 Å². The number of furan rings is 1. The number of aliphatic hydroxyl groups is 5. The number of epoxide rings is 1. The zero-order valence-electron chi connectivity index (χ0n) is 26.6. The number of ether oxygens (including phenoxy) is 4. The maximum absolute atomic E-state index is 14.7. The molecule has 1 unspecified atom stereocenters. The van der Waals surface area contributed by atoms with E-state index in [0.717, 1.165) is 0 Å². The lowest BCUT2D eigenvalue weighted by Crippen LogP contribution is -2.71. The van der Waals surface area contributed by atoms with Crippen LogP contribution in [0.4, 0.5) is 0 Å². The molecule has 47 heavy (non-hydrogen) atoms. The van der Waals surface area contributed by atoms with Gasteiger partial charge in [0.15, 0.2) is 12.4 Å². The molecule has 4 heterocycles. The van der Waals surface area contributed by atoms with E-state index in [4.69, 9.17) is 23.4 Å². The molecule has 3 saturated heterocycles. The Morgan fingerprint density at radius 3 is 2.34 bits per heavy atom. The van der Waals surface area contributed by atoms with Crippen LogP contribution in [-0.2, 0) is 33.3 Å². The molecule has 0 amide bonds. The van der Waals surface area contributed by atoms with Crippen molar-refractivity contribution in [2.75, 3.05) is 13.2 Å². The maximum Gasteiger partial charge on any atom is 0.335 e. The number of carbonyl (C=O) groups is 3. The predicted molar refractivity (Wildman–Crippen MR) is 154 cm³/mol. The van der Waals surface area contributed by atoms with Crippen molar-refractivity contribution in [2.24, 2.45) is 28.1 Å². The van der Waals surface area contributed by atoms with E-state index in [0.29, 0.717) is 5.56 Å². The van der Waals surface area contributed by atoms with Crippen LogP contribution in [0.25, 0.3) is 0 Å². The molecule has 6 rings (SSSR count). The number of Topliss-reactive ketones (excluding diaryl/α,β-unsaturated/α-hetero) is 1. The lowest BCUT2D eigenvalue weighted by atomic mass is 9.37. The van der Waals surface area contributed by atoms with Crippen molar-refractivity contribution in [3.8, 4) is 0 Å². The highest BCUT2D eigenvalue weighted by Gasteiger charge is 2.87. The largest absolute Gasteiger partial charge is 0.481 e. The molecule has 262 valence electrons. The van der Waals surface area contributed by atoms with Crippen LogP contribution in [0.3, 0.4) is 0 Å². The molecule has 2 saturated carbocycles. The van der Waals surface area contributed by atoms with E-state index in [9.17, 15) is 50.1 Å². The van der Waals surface area contributed by atoms with Gasteiger partial charge in [-0.1, -0.05) is 6.92 Å². The molecule has 5 aliphatic rings. The fourth-order valence-electron chi connectivity index (χ4n) is 10.1. The predicted octanol–water partition coefficient (Wildman–Crippen LogP) is 0.00180. The summed E-state index contributed by atoms with van der Waals surface area (Å²) in [6, 6.07) is 1.56. The highest BCUT2D eigenvalue weighted by atomic mass is 16.7. The minimum Gasteiger partial charge on any atom is -0.481 e. The Morgan fingerprint density at radius 2 is 1.77 bits per heavy atom. The van der Waals surface area contributed by atoms with Gasteiger partial charge in [0.2, 0.25) is 0 Å². The molecule has 1 spiro atoms. The van der Waals surface area contributed by atoms with Gasteiger partial charge in [-0.05, 0) is 45.6 Å². The summed E-state index contributed by atoms with van der Waals surface area (Å²) in [6.07, 6.45) is -9.95. The molecule has 15 nitrogen and oxygen atoms in total. The number of carbonyl (C=O) groups excluding carboxylic acids is 1. The van der Waals surface area contributed by atoms with Gasteiger partial charge < -0.3 is 59.1 Å². The minimum atomic E-state index is -1.78. The van der Waals surface area contributed by atoms with E-state index in [1.165, 1.54) is 12.5 Å². The molecule has 0 aromatic carbocycles. The fourth-order valence-corrected chi connectivity index (χ4v) is 10.1. The zero-order valence-corrected chi connectivity index (χ0v) is 26.6. The van der Waals surface area contributed by atoms with E-state index >= 15 is 0 Å². The second-order valence-corrected chi connectivity index (χ2v) is 14.9. The third-order valence-corrected chi connectivity index (χ3v) is 12.4. The summed E-state index contributed by atoms with van der Waals surface area (Å²) in [5.41, 5.74) is -6.54. The summed E-state index contributed by atoms with van der Waals surface area (Å²) in [4.78, 5) is 39.4. The van der Waals surface area contributed by atoms with Crippen molar-refractivity contribution in [1.82, 2.24) is 0 Å². The number of hydrogen-bond acceptors (Lipinski definition) is 13. The van der Waals surface area contributed by atoms with Gasteiger partial charge >= 0.3 is 11.9 Å². The summed E-state index contributed by atoms with van der Waals surface area (Å²) in [7, 11) is 0. The first-order chi connectivity index (χ1) is 21.9. The summed E-state index contributed by atoms with van der Waals surface area (Å²) in [6.45, 7) is 6.15. The molecular weight excluding hydrogens is 624 g/mol. The van der Waals surface area contributed by atoms with Gasteiger partial charge in [0.1, 0.15) is 35.8 Å². The zero-order chi connectivity index (χ0) is 34.5. The third-order valence-electron chi connectivity index (χ3n) is 12.4. The van der Waals surface area contributed by atoms with Crippen LogP contribution >= 0.6 is 0 Å². The van der Waals surface area contributed by atoms with Crippen molar-refractivity contribution < 1.29 is 73.5 Å². The second-order valence-electron chi connectivity index (χ2n) is 14.9. The highest BCUT2D eigenvalue weighted by Crippen LogP contribution is 2.78. The number of fused-ring (bicyclic) bond motifs is 4. The summed E-state index contributed by atoms with van der Waals surface area (Å²) in [5, 5.41) is 73.4. The monoisotopic (exact) mass is 668 g/mol. The molecule has 3 aliphatic heterocycles. The topological polar surface area (TPSA) is 246 Å². The van der Waals surface area contributed by atoms with Gasteiger partial charge in [-0.3, -0.25) is 9.59 Å². The van der Waals surface area contributed by atoms with Crippen LogP contribution in [-0.4, -0.2) is 121 Å². The van der Waals surface area contributed by atoms with Crippen LogP contribution in [0.2, 0.25) is 0 Å². The number of hydrogen-bond donors (Lipinski definition) is 7. The fraction of sp³-hybridized carbons (Fsp3) is 0.781. The SMILES string of the molecule is CC1(C)OC[C@@]2(C(O)CC(=O)O)[C@H]3CC[C@@](C)([C@@H](O[C@@H]4O[C@H](CO)[C@@H](O)[C@H](O)[C@H]4O)c4ccoc4)[C@@]4(O[C@@H]4C(=O)O)[C@]3(C)C(=O)C[C@@H]12. The Morgan fingerprint density at radius 1 is 1.06 bits per heavy atom. The van der Waals surface area contributed by atoms with Crippen LogP contribution in [0.15, 0.2) is 23.0 Å². The number of rotatable bonds is 9. The Balaban J connectivity index is 1.49. The summed E-state index contributed by atoms with van der Waals surface area (Å²) >= 11 is 0. The van der Waals surface area contributed by atoms with Crippen molar-refractivity contribution >= 4 is 17.7 Å². The van der Waals surface area contributed by atoms with Crippen molar-refractivity contribution in [3.63, 3.8) is 0 Å². The average molecular weight is 669 g/mol. The van der Waals surface area contributed by atoms with E-state index in [2.05, 4.69) is 0 Å². The van der Waals surface area contributed by atoms with Gasteiger partial charge in [-0.25, -0.2) is 4.79 Å². The number of carboxylic acids is 2.